The SMILES string of the molecule is CN(C1CCS(=O)(=O)C1)S(=O)(=O)c1ccc(O)c(N)c1. The minimum Gasteiger partial charge on any atom is -0.506 e. The topological polar surface area (TPSA) is 118 Å². The van der Waals surface area contributed by atoms with Crippen LogP contribution in [0.1, 0.15) is 6.42 Å². The minimum atomic E-state index is -3.83. The van der Waals surface area contributed by atoms with Crippen LogP contribution in [0.15, 0.2) is 23.1 Å². The Hall–Kier alpha value is -1.32. The second kappa shape index (κ2) is 4.90. The van der Waals surface area contributed by atoms with Gasteiger partial charge in [-0.15, -0.1) is 0 Å². The summed E-state index contributed by atoms with van der Waals surface area (Å²) in [6.07, 6.45) is 0.283. The first kappa shape index (κ1) is 15.1. The zero-order chi connectivity index (χ0) is 15.1. The van der Waals surface area contributed by atoms with Gasteiger partial charge in [0.25, 0.3) is 0 Å². The van der Waals surface area contributed by atoms with Crippen LogP contribution in [0.25, 0.3) is 0 Å². The third-order valence-electron chi connectivity index (χ3n) is 3.40. The maximum Gasteiger partial charge on any atom is 0.243 e. The fraction of sp³-hybridized carbons (Fsp3) is 0.455. The van der Waals surface area contributed by atoms with Crippen molar-refractivity contribution in [2.45, 2.75) is 17.4 Å². The van der Waals surface area contributed by atoms with E-state index in [0.717, 1.165) is 10.4 Å². The molecule has 1 aromatic rings. The number of aromatic hydroxyl groups is 1. The highest BCUT2D eigenvalue weighted by atomic mass is 32.2. The first-order valence-corrected chi connectivity index (χ1v) is 9.16. The lowest BCUT2D eigenvalue weighted by Crippen LogP contribution is -2.37. The molecule has 1 heterocycles. The maximum atomic E-state index is 12.4. The molecule has 20 heavy (non-hydrogen) atoms. The van der Waals surface area contributed by atoms with Gasteiger partial charge in [0.2, 0.25) is 10.0 Å². The summed E-state index contributed by atoms with van der Waals surface area (Å²) in [5.41, 5.74) is 5.44. The molecule has 0 saturated carbocycles. The molecule has 1 atom stereocenters. The summed E-state index contributed by atoms with van der Waals surface area (Å²) in [4.78, 5) is -0.0698. The molecular weight excluding hydrogens is 304 g/mol. The Morgan fingerprint density at radius 1 is 1.40 bits per heavy atom. The number of phenolic OH excluding ortho intramolecular Hbond substituents is 1. The molecule has 9 heteroatoms. The zero-order valence-electron chi connectivity index (χ0n) is 10.9. The van der Waals surface area contributed by atoms with E-state index in [1.54, 1.807) is 0 Å². The number of phenols is 1. The van der Waals surface area contributed by atoms with Crippen LogP contribution in [-0.2, 0) is 19.9 Å². The van der Waals surface area contributed by atoms with Gasteiger partial charge in [0.05, 0.1) is 22.1 Å². The number of anilines is 1. The molecule has 0 bridgehead atoms. The predicted molar refractivity (Wildman–Crippen MR) is 74.5 cm³/mol. The first-order valence-electron chi connectivity index (χ1n) is 5.90. The molecule has 0 aromatic heterocycles. The normalized spacial score (nSPS) is 22.2. The third kappa shape index (κ3) is 2.74. The average Bonchev–Trinajstić information content (AvgIpc) is 2.72. The monoisotopic (exact) mass is 320 g/mol. The summed E-state index contributed by atoms with van der Waals surface area (Å²) in [6.45, 7) is 0. The van der Waals surface area contributed by atoms with Crippen molar-refractivity contribution < 1.29 is 21.9 Å². The van der Waals surface area contributed by atoms with Crippen molar-refractivity contribution in [3.05, 3.63) is 18.2 Å². The minimum absolute atomic E-state index is 0.00472. The number of sulfone groups is 1. The second-order valence-corrected chi connectivity index (χ2v) is 9.02. The van der Waals surface area contributed by atoms with E-state index in [9.17, 15) is 21.9 Å². The highest BCUT2D eigenvalue weighted by molar-refractivity contribution is 7.92. The van der Waals surface area contributed by atoms with Gasteiger partial charge in [0.15, 0.2) is 9.84 Å². The van der Waals surface area contributed by atoms with Gasteiger partial charge in [-0.1, -0.05) is 0 Å². The lowest BCUT2D eigenvalue weighted by atomic mass is 10.3. The Morgan fingerprint density at radius 2 is 2.05 bits per heavy atom. The molecule has 112 valence electrons. The van der Waals surface area contributed by atoms with Crippen LogP contribution in [0.4, 0.5) is 5.69 Å². The average molecular weight is 320 g/mol. The van der Waals surface area contributed by atoms with E-state index in [-0.39, 0.29) is 34.3 Å². The lowest BCUT2D eigenvalue weighted by Gasteiger charge is -2.23. The summed E-state index contributed by atoms with van der Waals surface area (Å²) >= 11 is 0. The van der Waals surface area contributed by atoms with E-state index >= 15 is 0 Å². The van der Waals surface area contributed by atoms with Crippen molar-refractivity contribution in [1.82, 2.24) is 4.31 Å². The molecule has 0 aliphatic carbocycles. The van der Waals surface area contributed by atoms with Gasteiger partial charge in [-0.25, -0.2) is 16.8 Å². The van der Waals surface area contributed by atoms with Gasteiger partial charge >= 0.3 is 0 Å². The van der Waals surface area contributed by atoms with E-state index in [2.05, 4.69) is 0 Å². The van der Waals surface area contributed by atoms with Crippen LogP contribution in [0, 0.1) is 0 Å². The summed E-state index contributed by atoms with van der Waals surface area (Å²) in [6, 6.07) is 3.02. The van der Waals surface area contributed by atoms with E-state index in [4.69, 9.17) is 5.73 Å². The third-order valence-corrected chi connectivity index (χ3v) is 7.06. The largest absolute Gasteiger partial charge is 0.506 e. The fourth-order valence-electron chi connectivity index (χ4n) is 2.12. The molecule has 1 fully saturated rings. The summed E-state index contributed by atoms with van der Waals surface area (Å²) in [7, 11) is -5.65. The number of hydrogen-bond donors (Lipinski definition) is 2. The Kier molecular flexibility index (Phi) is 3.69. The van der Waals surface area contributed by atoms with Gasteiger partial charge in [-0.3, -0.25) is 0 Å². The molecule has 1 unspecified atom stereocenters. The smallest absolute Gasteiger partial charge is 0.243 e. The first-order chi connectivity index (χ1) is 9.13. The van der Waals surface area contributed by atoms with Crippen molar-refractivity contribution in [2.75, 3.05) is 24.3 Å². The van der Waals surface area contributed by atoms with E-state index in [0.29, 0.717) is 0 Å². The van der Waals surface area contributed by atoms with Crippen molar-refractivity contribution in [3.63, 3.8) is 0 Å². The van der Waals surface area contributed by atoms with Crippen molar-refractivity contribution in [3.8, 4) is 5.75 Å². The van der Waals surface area contributed by atoms with Gasteiger partial charge in [-0.2, -0.15) is 4.31 Å². The fourth-order valence-corrected chi connectivity index (χ4v) is 5.41. The Bertz CT molecular complexity index is 727. The Balaban J connectivity index is 2.32. The maximum absolute atomic E-state index is 12.4. The molecule has 0 amide bonds. The molecule has 1 aliphatic heterocycles. The number of benzene rings is 1. The second-order valence-electron chi connectivity index (χ2n) is 4.80. The predicted octanol–water partition coefficient (Wildman–Crippen LogP) is -0.218. The molecule has 1 aromatic carbocycles. The van der Waals surface area contributed by atoms with Crippen LogP contribution >= 0.6 is 0 Å². The van der Waals surface area contributed by atoms with Crippen molar-refractivity contribution >= 4 is 25.5 Å². The van der Waals surface area contributed by atoms with Gasteiger partial charge in [0.1, 0.15) is 5.75 Å². The molecule has 1 aliphatic rings. The number of nitrogens with zero attached hydrogens (tertiary/aromatic N) is 1. The van der Waals surface area contributed by atoms with E-state index in [1.807, 2.05) is 0 Å². The van der Waals surface area contributed by atoms with Crippen LogP contribution < -0.4 is 5.73 Å². The van der Waals surface area contributed by atoms with E-state index < -0.39 is 25.9 Å². The Morgan fingerprint density at radius 3 is 2.55 bits per heavy atom. The molecule has 3 N–H and O–H groups in total. The van der Waals surface area contributed by atoms with E-state index in [1.165, 1.54) is 19.2 Å². The van der Waals surface area contributed by atoms with Gasteiger partial charge in [-0.05, 0) is 24.6 Å². The molecule has 0 spiro atoms. The Labute approximate surface area is 118 Å². The quantitative estimate of drug-likeness (QED) is 0.587. The summed E-state index contributed by atoms with van der Waals surface area (Å²) in [5, 5.41) is 9.32. The van der Waals surface area contributed by atoms with Crippen LogP contribution in [0.3, 0.4) is 0 Å². The summed E-state index contributed by atoms with van der Waals surface area (Å²) in [5.74, 6) is -0.374. The standard InChI is InChI=1S/C11H16N2O5S2/c1-13(8-4-5-19(15,16)7-8)20(17,18)9-2-3-11(14)10(12)6-9/h2-3,6,8,14H,4-5,7,12H2,1H3. The van der Waals surface area contributed by atoms with Crippen LogP contribution in [-0.4, -0.2) is 50.8 Å². The zero-order valence-corrected chi connectivity index (χ0v) is 12.5. The molecular formula is C11H16N2O5S2. The highest BCUT2D eigenvalue weighted by Crippen LogP contribution is 2.27. The van der Waals surface area contributed by atoms with Gasteiger partial charge in [0, 0.05) is 13.1 Å². The summed E-state index contributed by atoms with van der Waals surface area (Å²) < 4.78 is 48.7. The number of nitrogen functional groups attached to an aromatic ring is 1. The molecule has 0 radical (unpaired) electrons. The van der Waals surface area contributed by atoms with Crippen molar-refractivity contribution in [1.29, 1.82) is 0 Å². The molecule has 7 nitrogen and oxygen atoms in total. The molecule has 2 rings (SSSR count). The van der Waals surface area contributed by atoms with Crippen molar-refractivity contribution in [2.24, 2.45) is 0 Å². The lowest BCUT2D eigenvalue weighted by molar-refractivity contribution is 0.394. The number of rotatable bonds is 3. The number of nitrogens with two attached hydrogens (primary N) is 1. The number of hydrogen-bond acceptors (Lipinski definition) is 6. The van der Waals surface area contributed by atoms with Crippen LogP contribution in [0.5, 0.6) is 5.75 Å². The number of sulfonamides is 1. The molecule has 1 saturated heterocycles. The van der Waals surface area contributed by atoms with Gasteiger partial charge < -0.3 is 10.8 Å². The highest BCUT2D eigenvalue weighted by Gasteiger charge is 2.36. The van der Waals surface area contributed by atoms with Crippen LogP contribution in [0.2, 0.25) is 0 Å².